The van der Waals surface area contributed by atoms with Gasteiger partial charge in [-0.05, 0) is 164 Å². The summed E-state index contributed by atoms with van der Waals surface area (Å²) in [5, 5.41) is 0. The van der Waals surface area contributed by atoms with Crippen LogP contribution in [0.5, 0.6) is 0 Å². The number of hydrogen-bond acceptors (Lipinski definition) is 2. The van der Waals surface area contributed by atoms with Crippen molar-refractivity contribution in [1.29, 1.82) is 0 Å². The Hall–Kier alpha value is -9.24. The smallest absolute Gasteiger partial charge is 0.0713 e. The third-order valence-corrected chi connectivity index (χ3v) is 16.6. The first-order chi connectivity index (χ1) is 38.1. The predicted molar refractivity (Wildman–Crippen MR) is 324 cm³/mol. The summed E-state index contributed by atoms with van der Waals surface area (Å²) in [4.78, 5) is 4.76. The molecule has 77 heavy (non-hydrogen) atoms. The van der Waals surface area contributed by atoms with Crippen LogP contribution in [0.1, 0.15) is 70.7 Å². The summed E-state index contributed by atoms with van der Waals surface area (Å²) in [7, 11) is 2.19. The molecule has 370 valence electrons. The number of hydrogen-bond donors (Lipinski definition) is 0. The maximum absolute atomic E-state index is 2.42. The average molecular weight is 989 g/mol. The molecule has 2 heteroatoms. The Labute approximate surface area is 454 Å². The number of anilines is 4. The van der Waals surface area contributed by atoms with E-state index in [0.717, 1.165) is 36.3 Å². The number of rotatable bonds is 13. The monoisotopic (exact) mass is 988 g/mol. The molecule has 10 aromatic rings. The van der Waals surface area contributed by atoms with Crippen molar-refractivity contribution in [3.05, 3.63) is 347 Å². The van der Waals surface area contributed by atoms with Crippen molar-refractivity contribution >= 4 is 22.7 Å². The molecular weight excluding hydrogens is 929 g/mol. The van der Waals surface area contributed by atoms with E-state index in [1.807, 2.05) is 0 Å². The molecule has 0 N–H and O–H groups in total. The summed E-state index contributed by atoms with van der Waals surface area (Å²) < 4.78 is 0. The fraction of sp³-hybridized carbons (Fsp3) is 0.0933. The molecule has 3 aliphatic carbocycles. The van der Waals surface area contributed by atoms with Gasteiger partial charge in [0.05, 0.1) is 10.8 Å². The zero-order valence-electron chi connectivity index (χ0n) is 43.7. The molecule has 0 heterocycles. The zero-order valence-corrected chi connectivity index (χ0v) is 43.7. The Kier molecular flexibility index (Phi) is 12.4. The van der Waals surface area contributed by atoms with Crippen LogP contribution in [0, 0.1) is 0 Å². The van der Waals surface area contributed by atoms with Gasteiger partial charge in [-0.3, -0.25) is 0 Å². The standard InChI is InChI=1S/C75H60N2/c1-3-4-5-8-23-56-24-13-22-37-73(56)76(2)61-46-38-54(39-47-61)55-40-48-62(49-41-55)77(63-50-42-59(43-51-63)74(57-25-9-6-10-26-57)69-33-18-14-29-65(69)66-30-15-19-34-70(66)74)64-52-44-60(45-53-64)75(58-27-11-7-12-28-58)71-35-20-16-31-67(71)68-32-17-21-36-72(68)75/h3-12,14-22,25-53H,13,23-24H2,1-2H3/b4-3-,8-5-. The molecule has 0 saturated carbocycles. The number of nitrogens with zero attached hydrogens (tertiary/aromatic N) is 2. The molecule has 0 unspecified atom stereocenters. The van der Waals surface area contributed by atoms with Gasteiger partial charge in [0.1, 0.15) is 0 Å². The van der Waals surface area contributed by atoms with Crippen LogP contribution in [-0.2, 0) is 10.8 Å². The Morgan fingerprint density at radius 3 is 1.17 bits per heavy atom. The predicted octanol–water partition coefficient (Wildman–Crippen LogP) is 19.1. The lowest BCUT2D eigenvalue weighted by Crippen LogP contribution is -2.28. The molecule has 0 aromatic heterocycles. The van der Waals surface area contributed by atoms with Crippen LogP contribution >= 0.6 is 0 Å². The second kappa shape index (κ2) is 20.1. The van der Waals surface area contributed by atoms with Gasteiger partial charge in [-0.25, -0.2) is 0 Å². The molecule has 0 bridgehead atoms. The van der Waals surface area contributed by atoms with Crippen molar-refractivity contribution in [2.75, 3.05) is 16.8 Å². The van der Waals surface area contributed by atoms with E-state index in [4.69, 9.17) is 0 Å². The Balaban J connectivity index is 0.908. The summed E-state index contributed by atoms with van der Waals surface area (Å²) in [5.41, 5.74) is 24.0. The lowest BCUT2D eigenvalue weighted by molar-refractivity contribution is 0.768. The summed E-state index contributed by atoms with van der Waals surface area (Å²) in [6.45, 7) is 2.06. The van der Waals surface area contributed by atoms with Gasteiger partial charge >= 0.3 is 0 Å². The number of likely N-dealkylation sites (N-methyl/N-ethyl adjacent to an activating group) is 1. The van der Waals surface area contributed by atoms with Crippen LogP contribution in [0.25, 0.3) is 33.4 Å². The van der Waals surface area contributed by atoms with E-state index in [2.05, 4.69) is 315 Å². The summed E-state index contributed by atoms with van der Waals surface area (Å²) in [6, 6.07) is 95.0. The molecule has 0 amide bonds. The molecule has 2 nitrogen and oxygen atoms in total. The lowest BCUT2D eigenvalue weighted by atomic mass is 9.67. The molecule has 0 saturated heterocycles. The maximum atomic E-state index is 2.42. The highest BCUT2D eigenvalue weighted by molar-refractivity contribution is 5.89. The first kappa shape index (κ1) is 47.5. The van der Waals surface area contributed by atoms with Gasteiger partial charge in [0.15, 0.2) is 0 Å². The van der Waals surface area contributed by atoms with Gasteiger partial charge in [-0.1, -0.05) is 237 Å². The van der Waals surface area contributed by atoms with E-state index in [1.165, 1.54) is 94.8 Å². The molecule has 0 fully saturated rings. The number of benzene rings is 10. The van der Waals surface area contributed by atoms with E-state index in [9.17, 15) is 0 Å². The van der Waals surface area contributed by atoms with Gasteiger partial charge in [0.25, 0.3) is 0 Å². The zero-order chi connectivity index (χ0) is 51.8. The second-order valence-electron chi connectivity index (χ2n) is 20.6. The fourth-order valence-electron chi connectivity index (χ4n) is 13.1. The largest absolute Gasteiger partial charge is 0.345 e. The van der Waals surface area contributed by atoms with Gasteiger partial charge in [0, 0.05) is 35.5 Å². The summed E-state index contributed by atoms with van der Waals surface area (Å²) in [6.07, 6.45) is 16.3. The molecule has 10 aromatic carbocycles. The summed E-state index contributed by atoms with van der Waals surface area (Å²) in [5.74, 6) is 0. The maximum Gasteiger partial charge on any atom is 0.0713 e. The highest BCUT2D eigenvalue weighted by atomic mass is 15.1. The molecule has 0 radical (unpaired) electrons. The van der Waals surface area contributed by atoms with Crippen molar-refractivity contribution in [2.45, 2.75) is 37.0 Å². The number of fused-ring (bicyclic) bond motifs is 6. The van der Waals surface area contributed by atoms with Crippen molar-refractivity contribution in [3.8, 4) is 33.4 Å². The van der Waals surface area contributed by atoms with Gasteiger partial charge < -0.3 is 9.80 Å². The highest BCUT2D eigenvalue weighted by Crippen LogP contribution is 2.58. The normalized spacial score (nSPS) is 14.6. The van der Waals surface area contributed by atoms with Crippen molar-refractivity contribution in [3.63, 3.8) is 0 Å². The Bertz CT molecular complexity index is 3600. The Morgan fingerprint density at radius 2 is 0.753 bits per heavy atom. The molecule has 0 aliphatic heterocycles. The van der Waals surface area contributed by atoms with Crippen LogP contribution in [0.15, 0.2) is 303 Å². The van der Waals surface area contributed by atoms with Crippen LogP contribution in [0.4, 0.5) is 22.7 Å². The molecule has 0 spiro atoms. The molecule has 3 aliphatic rings. The van der Waals surface area contributed by atoms with Gasteiger partial charge in [0.2, 0.25) is 0 Å². The fourth-order valence-corrected chi connectivity index (χ4v) is 13.1. The molecular formula is C75H60N2. The van der Waals surface area contributed by atoms with E-state index in [1.54, 1.807) is 0 Å². The minimum atomic E-state index is -0.485. The van der Waals surface area contributed by atoms with Crippen LogP contribution in [0.2, 0.25) is 0 Å². The second-order valence-corrected chi connectivity index (χ2v) is 20.6. The van der Waals surface area contributed by atoms with Crippen LogP contribution < -0.4 is 9.80 Å². The van der Waals surface area contributed by atoms with Crippen molar-refractivity contribution in [1.82, 2.24) is 0 Å². The number of allylic oxidation sites excluding steroid dienone is 7. The third kappa shape index (κ3) is 7.94. The third-order valence-electron chi connectivity index (χ3n) is 16.6. The highest BCUT2D eigenvalue weighted by Gasteiger charge is 2.47. The topological polar surface area (TPSA) is 6.48 Å². The molecule has 0 atom stereocenters. The van der Waals surface area contributed by atoms with Crippen LogP contribution in [-0.4, -0.2) is 7.05 Å². The van der Waals surface area contributed by atoms with Gasteiger partial charge in [-0.15, -0.1) is 0 Å². The minimum Gasteiger partial charge on any atom is -0.345 e. The van der Waals surface area contributed by atoms with Crippen molar-refractivity contribution < 1.29 is 0 Å². The summed E-state index contributed by atoms with van der Waals surface area (Å²) >= 11 is 0. The van der Waals surface area contributed by atoms with E-state index in [0.29, 0.717) is 0 Å². The van der Waals surface area contributed by atoms with Crippen molar-refractivity contribution in [2.24, 2.45) is 0 Å². The quantitative estimate of drug-likeness (QED) is 0.106. The average Bonchev–Trinajstić information content (AvgIpc) is 4.16. The minimum absolute atomic E-state index is 0.485. The lowest BCUT2D eigenvalue weighted by Gasteiger charge is -2.35. The SMILES string of the molecule is C/C=C\C=C/CC1=C(N(C)c2ccc(-c3ccc(N(c4ccc(C5(c6ccccc6)c6ccccc6-c6ccccc65)cc4)c4ccc(C5(c6ccccc6)c6ccccc6-c6ccccc65)cc4)cc3)cc2)C=CCC1. The first-order valence-corrected chi connectivity index (χ1v) is 27.2. The Morgan fingerprint density at radius 1 is 0.390 bits per heavy atom. The van der Waals surface area contributed by atoms with E-state index < -0.39 is 10.8 Å². The van der Waals surface area contributed by atoms with E-state index in [-0.39, 0.29) is 0 Å². The molecule has 13 rings (SSSR count). The van der Waals surface area contributed by atoms with Crippen LogP contribution in [0.3, 0.4) is 0 Å². The van der Waals surface area contributed by atoms with E-state index >= 15 is 0 Å². The first-order valence-electron chi connectivity index (χ1n) is 27.2. The van der Waals surface area contributed by atoms with Gasteiger partial charge in [-0.2, -0.15) is 0 Å².